The fourth-order valence-corrected chi connectivity index (χ4v) is 3.51. The molecule has 1 atom stereocenters. The molecule has 1 aliphatic heterocycles. The predicted octanol–water partition coefficient (Wildman–Crippen LogP) is 0.593. The zero-order valence-corrected chi connectivity index (χ0v) is 14.5. The maximum absolute atomic E-state index is 12.4. The van der Waals surface area contributed by atoms with Gasteiger partial charge >= 0.3 is 0 Å². The van der Waals surface area contributed by atoms with E-state index < -0.39 is 0 Å². The third kappa shape index (κ3) is 3.30. The molecule has 128 valence electrons. The summed E-state index contributed by atoms with van der Waals surface area (Å²) >= 11 is 1.12. The molecule has 3 rings (SSSR count). The Morgan fingerprint density at radius 2 is 2.33 bits per heavy atom. The number of nitrogens with zero attached hydrogens (tertiary/aromatic N) is 5. The Morgan fingerprint density at radius 1 is 1.50 bits per heavy atom. The predicted molar refractivity (Wildman–Crippen MR) is 91.5 cm³/mol. The lowest BCUT2D eigenvalue weighted by Crippen LogP contribution is -2.49. The molecule has 0 spiro atoms. The normalized spacial score (nSPS) is 17.8. The number of carbonyl (C=O) groups is 1. The first-order chi connectivity index (χ1) is 11.6. The monoisotopic (exact) mass is 348 g/mol. The highest BCUT2D eigenvalue weighted by atomic mass is 32.1. The largest absolute Gasteiger partial charge is 0.350 e. The second kappa shape index (κ2) is 7.08. The van der Waals surface area contributed by atoms with Gasteiger partial charge in [0.1, 0.15) is 4.88 Å². The van der Waals surface area contributed by atoms with Crippen LogP contribution < -0.4 is 15.8 Å². The number of hydrogen-bond donors (Lipinski definition) is 1. The van der Waals surface area contributed by atoms with E-state index in [4.69, 9.17) is 0 Å². The summed E-state index contributed by atoms with van der Waals surface area (Å²) in [6, 6.07) is -0.0234. The first-order valence-corrected chi connectivity index (χ1v) is 8.76. The highest BCUT2D eigenvalue weighted by molar-refractivity contribution is 7.08. The Morgan fingerprint density at radius 3 is 3.12 bits per heavy atom. The lowest BCUT2D eigenvalue weighted by molar-refractivity contribution is 0.0936. The summed E-state index contributed by atoms with van der Waals surface area (Å²) in [6.07, 6.45) is 5.71. The summed E-state index contributed by atoms with van der Waals surface area (Å²) in [4.78, 5) is 31.4. The fraction of sp³-hybridized carbons (Fsp3) is 0.533. The average molecular weight is 348 g/mol. The van der Waals surface area contributed by atoms with Crippen LogP contribution >= 0.6 is 11.5 Å². The maximum Gasteiger partial charge on any atom is 0.293 e. The van der Waals surface area contributed by atoms with Gasteiger partial charge in [0.15, 0.2) is 5.82 Å². The van der Waals surface area contributed by atoms with Gasteiger partial charge in [0.2, 0.25) is 0 Å². The van der Waals surface area contributed by atoms with Gasteiger partial charge in [0.05, 0.1) is 5.69 Å². The molecule has 0 aromatic carbocycles. The van der Waals surface area contributed by atoms with E-state index in [1.165, 1.54) is 4.57 Å². The van der Waals surface area contributed by atoms with Gasteiger partial charge in [-0.15, -0.1) is 5.10 Å². The first-order valence-electron chi connectivity index (χ1n) is 7.98. The van der Waals surface area contributed by atoms with Crippen LogP contribution in [0.15, 0.2) is 17.2 Å². The standard InChI is InChI=1S/C15H20N6O2S/c1-3-11-12(24-19-18-11)14(22)17-10-5-4-7-21(9-10)13-15(23)20(2)8-6-16-13/h6,8,10H,3-5,7,9H2,1-2H3,(H,17,22)/t10-/m0/s1. The van der Waals surface area contributed by atoms with E-state index >= 15 is 0 Å². The number of hydrogen-bond acceptors (Lipinski definition) is 7. The van der Waals surface area contributed by atoms with E-state index in [1.807, 2.05) is 11.8 Å². The van der Waals surface area contributed by atoms with Crippen LogP contribution in [0.3, 0.4) is 0 Å². The van der Waals surface area contributed by atoms with Gasteiger partial charge in [-0.2, -0.15) is 0 Å². The molecular weight excluding hydrogens is 328 g/mol. The molecule has 1 aliphatic rings. The molecule has 0 saturated carbocycles. The van der Waals surface area contributed by atoms with Crippen molar-refractivity contribution in [2.24, 2.45) is 7.05 Å². The van der Waals surface area contributed by atoms with Crippen LogP contribution in [0.2, 0.25) is 0 Å². The Hall–Kier alpha value is -2.29. The number of carbonyl (C=O) groups excluding carboxylic acids is 1. The summed E-state index contributed by atoms with van der Waals surface area (Å²) < 4.78 is 5.37. The quantitative estimate of drug-likeness (QED) is 0.869. The van der Waals surface area contributed by atoms with E-state index in [9.17, 15) is 9.59 Å². The molecule has 2 aromatic rings. The van der Waals surface area contributed by atoms with Crippen molar-refractivity contribution in [3.8, 4) is 0 Å². The average Bonchev–Trinajstić information content (AvgIpc) is 3.06. The van der Waals surface area contributed by atoms with E-state index in [2.05, 4.69) is 19.9 Å². The topological polar surface area (TPSA) is 93.0 Å². The van der Waals surface area contributed by atoms with Crippen LogP contribution in [0.5, 0.6) is 0 Å². The smallest absolute Gasteiger partial charge is 0.293 e. The number of piperidine rings is 1. The van der Waals surface area contributed by atoms with Crippen molar-refractivity contribution < 1.29 is 4.79 Å². The minimum Gasteiger partial charge on any atom is -0.350 e. The van der Waals surface area contributed by atoms with Crippen molar-refractivity contribution in [2.45, 2.75) is 32.2 Å². The molecule has 1 amide bonds. The number of rotatable bonds is 4. The number of nitrogens with one attached hydrogen (secondary N) is 1. The van der Waals surface area contributed by atoms with Gasteiger partial charge < -0.3 is 14.8 Å². The second-order valence-electron chi connectivity index (χ2n) is 5.83. The lowest BCUT2D eigenvalue weighted by atomic mass is 10.1. The van der Waals surface area contributed by atoms with Gasteiger partial charge in [-0.3, -0.25) is 9.59 Å². The van der Waals surface area contributed by atoms with Crippen molar-refractivity contribution in [3.05, 3.63) is 33.3 Å². The van der Waals surface area contributed by atoms with Crippen LogP contribution in [0.25, 0.3) is 0 Å². The van der Waals surface area contributed by atoms with E-state index in [0.29, 0.717) is 23.7 Å². The molecule has 0 aliphatic carbocycles. The van der Waals surface area contributed by atoms with E-state index in [-0.39, 0.29) is 17.5 Å². The number of amides is 1. The van der Waals surface area contributed by atoms with Crippen LogP contribution in [0, 0.1) is 0 Å². The molecule has 0 radical (unpaired) electrons. The van der Waals surface area contributed by atoms with Crippen LogP contribution in [-0.4, -0.2) is 44.2 Å². The highest BCUT2D eigenvalue weighted by Crippen LogP contribution is 2.16. The van der Waals surface area contributed by atoms with Gasteiger partial charge in [-0.1, -0.05) is 11.4 Å². The van der Waals surface area contributed by atoms with Gasteiger partial charge in [-0.25, -0.2) is 4.98 Å². The second-order valence-corrected chi connectivity index (χ2v) is 6.58. The molecular formula is C15H20N6O2S. The first kappa shape index (κ1) is 16.6. The molecule has 0 unspecified atom stereocenters. The zero-order chi connectivity index (χ0) is 17.1. The SMILES string of the molecule is CCc1nnsc1C(=O)N[C@H]1CCCN(c2nccn(C)c2=O)C1. The van der Waals surface area contributed by atoms with E-state index in [1.54, 1.807) is 19.4 Å². The Bertz CT molecular complexity index is 786. The third-order valence-corrected chi connectivity index (χ3v) is 4.92. The van der Waals surface area contributed by atoms with Crippen molar-refractivity contribution in [1.82, 2.24) is 24.5 Å². The Kier molecular flexibility index (Phi) is 4.89. The van der Waals surface area contributed by atoms with Gasteiger partial charge in [0.25, 0.3) is 11.5 Å². The maximum atomic E-state index is 12.4. The van der Waals surface area contributed by atoms with Crippen LogP contribution in [-0.2, 0) is 13.5 Å². The van der Waals surface area contributed by atoms with Crippen molar-refractivity contribution in [3.63, 3.8) is 0 Å². The van der Waals surface area contributed by atoms with Crippen molar-refractivity contribution in [1.29, 1.82) is 0 Å². The minimum absolute atomic E-state index is 0.0234. The molecule has 9 heteroatoms. The summed E-state index contributed by atoms with van der Waals surface area (Å²) in [5.74, 6) is 0.301. The van der Waals surface area contributed by atoms with Crippen LogP contribution in [0.1, 0.15) is 35.1 Å². The summed E-state index contributed by atoms with van der Waals surface area (Å²) in [5, 5.41) is 7.02. The lowest BCUT2D eigenvalue weighted by Gasteiger charge is -2.33. The van der Waals surface area contributed by atoms with Gasteiger partial charge in [0, 0.05) is 38.6 Å². The Labute approximate surface area is 143 Å². The molecule has 24 heavy (non-hydrogen) atoms. The molecule has 2 aromatic heterocycles. The molecule has 3 heterocycles. The van der Waals surface area contributed by atoms with Crippen LogP contribution in [0.4, 0.5) is 5.82 Å². The minimum atomic E-state index is -0.136. The third-order valence-electron chi connectivity index (χ3n) is 4.15. The molecule has 8 nitrogen and oxygen atoms in total. The zero-order valence-electron chi connectivity index (χ0n) is 13.7. The summed E-state index contributed by atoms with van der Waals surface area (Å²) in [5.41, 5.74) is 0.605. The summed E-state index contributed by atoms with van der Waals surface area (Å²) in [7, 11) is 1.71. The highest BCUT2D eigenvalue weighted by Gasteiger charge is 2.26. The van der Waals surface area contributed by atoms with Crippen molar-refractivity contribution >= 4 is 23.3 Å². The van der Waals surface area contributed by atoms with E-state index in [0.717, 1.165) is 36.6 Å². The molecule has 1 saturated heterocycles. The number of aryl methyl sites for hydroxylation is 2. The molecule has 1 fully saturated rings. The van der Waals surface area contributed by atoms with Gasteiger partial charge in [-0.05, 0) is 30.8 Å². The number of aromatic nitrogens is 4. The fourth-order valence-electron chi connectivity index (χ4n) is 2.85. The summed E-state index contributed by atoms with van der Waals surface area (Å²) in [6.45, 7) is 3.29. The molecule has 1 N–H and O–H groups in total. The Balaban J connectivity index is 1.71. The number of anilines is 1. The van der Waals surface area contributed by atoms with Crippen molar-refractivity contribution in [2.75, 3.05) is 18.0 Å². The molecule has 0 bridgehead atoms.